The summed E-state index contributed by atoms with van der Waals surface area (Å²) in [6.45, 7) is 1.98. The molecule has 76 valence electrons. The van der Waals surface area contributed by atoms with Gasteiger partial charge in [0.25, 0.3) is 0 Å². The molecule has 0 heterocycles. The highest BCUT2D eigenvalue weighted by atomic mass is 27.0. The quantitative estimate of drug-likeness (QED) is 0.736. The molecule has 0 saturated carbocycles. The normalized spacial score (nSPS) is 9.67. The largest absolute Gasteiger partial charge is 0.478 e. The fraction of sp³-hybridized carbons (Fsp3) is 0.0833. The average Bonchev–Trinajstić information content (AvgIpc) is 2.17. The number of carbonyl (C=O) groups is 1. The lowest BCUT2D eigenvalue weighted by molar-refractivity contribution is 0.0699. The standard InChI is InChI=1S/C12H10O2.Al.3H/c1-8-4-2-6-10-9(8)5-3-7-11(10)12(13)14;;;;/h2-7H,1H3,(H,13,14);;;;. The van der Waals surface area contributed by atoms with E-state index in [-0.39, 0.29) is 17.4 Å². The third-order valence-corrected chi connectivity index (χ3v) is 2.37. The van der Waals surface area contributed by atoms with Gasteiger partial charge in [-0.3, -0.25) is 0 Å². The van der Waals surface area contributed by atoms with E-state index in [0.717, 1.165) is 16.3 Å². The van der Waals surface area contributed by atoms with E-state index in [4.69, 9.17) is 5.11 Å². The van der Waals surface area contributed by atoms with Crippen LogP contribution in [0.5, 0.6) is 0 Å². The molecule has 0 aliphatic rings. The van der Waals surface area contributed by atoms with Crippen molar-refractivity contribution in [2.45, 2.75) is 6.92 Å². The van der Waals surface area contributed by atoms with Crippen LogP contribution in [0.4, 0.5) is 0 Å². The molecule has 0 unspecified atom stereocenters. The lowest BCUT2D eigenvalue weighted by Crippen LogP contribution is -1.97. The fourth-order valence-electron chi connectivity index (χ4n) is 1.65. The van der Waals surface area contributed by atoms with Gasteiger partial charge in [-0.1, -0.05) is 30.3 Å². The van der Waals surface area contributed by atoms with Gasteiger partial charge in [0.1, 0.15) is 0 Å². The summed E-state index contributed by atoms with van der Waals surface area (Å²) in [5.74, 6) is -0.874. The Balaban J connectivity index is 0.00000112. The van der Waals surface area contributed by atoms with E-state index in [1.165, 1.54) is 0 Å². The zero-order chi connectivity index (χ0) is 10.1. The number of rotatable bonds is 1. The van der Waals surface area contributed by atoms with E-state index in [1.807, 2.05) is 31.2 Å². The molecule has 0 spiro atoms. The van der Waals surface area contributed by atoms with E-state index in [1.54, 1.807) is 12.1 Å². The molecule has 2 aromatic carbocycles. The van der Waals surface area contributed by atoms with Gasteiger partial charge in [-0.2, -0.15) is 0 Å². The predicted molar refractivity (Wildman–Crippen MR) is 65.6 cm³/mol. The van der Waals surface area contributed by atoms with Crippen LogP contribution in [0.2, 0.25) is 0 Å². The van der Waals surface area contributed by atoms with Crippen molar-refractivity contribution in [3.63, 3.8) is 0 Å². The van der Waals surface area contributed by atoms with Gasteiger partial charge in [-0.05, 0) is 29.3 Å². The summed E-state index contributed by atoms with van der Waals surface area (Å²) in [6, 6.07) is 11.0. The second kappa shape index (κ2) is 4.48. The first-order chi connectivity index (χ1) is 6.70. The molecule has 2 nitrogen and oxygen atoms in total. The van der Waals surface area contributed by atoms with Gasteiger partial charge < -0.3 is 5.11 Å². The first-order valence-electron chi connectivity index (χ1n) is 4.42. The molecule has 0 atom stereocenters. The van der Waals surface area contributed by atoms with E-state index >= 15 is 0 Å². The minimum absolute atomic E-state index is 0. The molecule has 0 aliphatic carbocycles. The van der Waals surface area contributed by atoms with Crippen molar-refractivity contribution in [3.05, 3.63) is 47.5 Å². The van der Waals surface area contributed by atoms with Crippen molar-refractivity contribution < 1.29 is 9.90 Å². The van der Waals surface area contributed by atoms with Crippen LogP contribution in [-0.4, -0.2) is 28.4 Å². The summed E-state index contributed by atoms with van der Waals surface area (Å²) in [7, 11) is 0. The average molecular weight is 216 g/mol. The molecule has 0 aromatic heterocycles. The molecular formula is C12H13AlO2. The van der Waals surface area contributed by atoms with Gasteiger partial charge in [0.05, 0.1) is 5.56 Å². The number of hydrogen-bond acceptors (Lipinski definition) is 1. The Labute approximate surface area is 98.7 Å². The maximum Gasteiger partial charge on any atom is 0.336 e. The first-order valence-corrected chi connectivity index (χ1v) is 4.42. The van der Waals surface area contributed by atoms with Gasteiger partial charge >= 0.3 is 5.97 Å². The molecular weight excluding hydrogens is 203 g/mol. The smallest absolute Gasteiger partial charge is 0.336 e. The zero-order valence-electron chi connectivity index (χ0n) is 7.82. The molecule has 0 radical (unpaired) electrons. The fourth-order valence-corrected chi connectivity index (χ4v) is 1.65. The Morgan fingerprint density at radius 2 is 1.67 bits per heavy atom. The Bertz CT molecular complexity index is 506. The Hall–Kier alpha value is -1.30. The molecule has 15 heavy (non-hydrogen) atoms. The lowest BCUT2D eigenvalue weighted by atomic mass is 10.0. The summed E-state index contributed by atoms with van der Waals surface area (Å²) in [4.78, 5) is 10.9. The van der Waals surface area contributed by atoms with Crippen molar-refractivity contribution in [2.24, 2.45) is 0 Å². The third kappa shape index (κ3) is 2.04. The third-order valence-electron chi connectivity index (χ3n) is 2.37. The Morgan fingerprint density at radius 1 is 1.07 bits per heavy atom. The van der Waals surface area contributed by atoms with Crippen LogP contribution in [0.3, 0.4) is 0 Å². The van der Waals surface area contributed by atoms with Crippen LogP contribution in [0.1, 0.15) is 15.9 Å². The molecule has 3 heteroatoms. The topological polar surface area (TPSA) is 37.3 Å². The lowest BCUT2D eigenvalue weighted by Gasteiger charge is -2.04. The maximum absolute atomic E-state index is 10.9. The van der Waals surface area contributed by atoms with Crippen LogP contribution >= 0.6 is 0 Å². The van der Waals surface area contributed by atoms with E-state index < -0.39 is 5.97 Å². The maximum atomic E-state index is 10.9. The number of carboxylic acids is 1. The van der Waals surface area contributed by atoms with Gasteiger partial charge in [0.15, 0.2) is 17.4 Å². The minimum atomic E-state index is -0.874. The Morgan fingerprint density at radius 3 is 2.33 bits per heavy atom. The van der Waals surface area contributed by atoms with Crippen molar-refractivity contribution in [3.8, 4) is 0 Å². The predicted octanol–water partition coefficient (Wildman–Crippen LogP) is 1.66. The summed E-state index contributed by atoms with van der Waals surface area (Å²) in [5, 5.41) is 10.8. The van der Waals surface area contributed by atoms with E-state index in [2.05, 4.69) is 0 Å². The second-order valence-corrected chi connectivity index (χ2v) is 3.28. The second-order valence-electron chi connectivity index (χ2n) is 3.28. The summed E-state index contributed by atoms with van der Waals surface area (Å²) < 4.78 is 0. The summed E-state index contributed by atoms with van der Waals surface area (Å²) >= 11 is 0. The highest BCUT2D eigenvalue weighted by molar-refractivity contribution is 6.04. The molecule has 0 bridgehead atoms. The monoisotopic (exact) mass is 216 g/mol. The van der Waals surface area contributed by atoms with Crippen LogP contribution in [-0.2, 0) is 0 Å². The first kappa shape index (κ1) is 11.8. The van der Waals surface area contributed by atoms with Crippen LogP contribution < -0.4 is 0 Å². The molecule has 2 rings (SSSR count). The zero-order valence-corrected chi connectivity index (χ0v) is 7.82. The van der Waals surface area contributed by atoms with Gasteiger partial charge in [0.2, 0.25) is 0 Å². The minimum Gasteiger partial charge on any atom is -0.478 e. The van der Waals surface area contributed by atoms with Gasteiger partial charge in [-0.15, -0.1) is 0 Å². The van der Waals surface area contributed by atoms with E-state index in [9.17, 15) is 4.79 Å². The SMILES string of the molecule is Cc1cccc2c(C(=O)O)cccc12.[AlH3]. The van der Waals surface area contributed by atoms with Crippen molar-refractivity contribution in [2.75, 3.05) is 0 Å². The molecule has 0 saturated heterocycles. The number of hydrogen-bond donors (Lipinski definition) is 1. The van der Waals surface area contributed by atoms with Crippen LogP contribution in [0.25, 0.3) is 10.8 Å². The van der Waals surface area contributed by atoms with Crippen molar-refractivity contribution in [1.29, 1.82) is 0 Å². The van der Waals surface area contributed by atoms with Crippen molar-refractivity contribution >= 4 is 34.1 Å². The molecule has 0 fully saturated rings. The molecule has 0 amide bonds. The van der Waals surface area contributed by atoms with Crippen molar-refractivity contribution in [1.82, 2.24) is 0 Å². The number of aromatic carboxylic acids is 1. The number of benzene rings is 2. The van der Waals surface area contributed by atoms with Gasteiger partial charge in [0, 0.05) is 0 Å². The molecule has 0 aliphatic heterocycles. The van der Waals surface area contributed by atoms with Gasteiger partial charge in [-0.25, -0.2) is 4.79 Å². The van der Waals surface area contributed by atoms with E-state index in [0.29, 0.717) is 5.56 Å². The summed E-state index contributed by atoms with van der Waals surface area (Å²) in [5.41, 5.74) is 1.47. The van der Waals surface area contributed by atoms with Crippen LogP contribution in [0, 0.1) is 6.92 Å². The Kier molecular flexibility index (Phi) is 3.52. The number of aryl methyl sites for hydroxylation is 1. The number of carboxylic acid groups (broad SMARTS) is 1. The number of fused-ring (bicyclic) bond motifs is 1. The highest BCUT2D eigenvalue weighted by Gasteiger charge is 2.07. The summed E-state index contributed by atoms with van der Waals surface area (Å²) in [6.07, 6.45) is 0. The molecule has 1 N–H and O–H groups in total. The van der Waals surface area contributed by atoms with Crippen LogP contribution in [0.15, 0.2) is 36.4 Å². The molecule has 2 aromatic rings. The highest BCUT2D eigenvalue weighted by Crippen LogP contribution is 2.21.